The van der Waals surface area contributed by atoms with Crippen LogP contribution in [-0.4, -0.2) is 20.5 Å². The summed E-state index contributed by atoms with van der Waals surface area (Å²) in [6, 6.07) is 5.45. The summed E-state index contributed by atoms with van der Waals surface area (Å²) in [4.78, 5) is 3.29. The molecule has 0 aliphatic rings. The first-order valence-corrected chi connectivity index (χ1v) is 7.76. The second-order valence-electron chi connectivity index (χ2n) is 4.48. The van der Waals surface area contributed by atoms with Crippen LogP contribution in [0.25, 0.3) is 0 Å². The van der Waals surface area contributed by atoms with Crippen LogP contribution in [0, 0.1) is 0 Å². The molecule has 0 fully saturated rings. The first kappa shape index (κ1) is 16.3. The molecule has 1 aromatic heterocycles. The fraction of sp³-hybridized carbons (Fsp3) is 0.214. The summed E-state index contributed by atoms with van der Waals surface area (Å²) in [6.07, 6.45) is -1.82. The summed E-state index contributed by atoms with van der Waals surface area (Å²) in [7, 11) is -2.80. The zero-order valence-corrected chi connectivity index (χ0v) is 12.3. The Labute approximate surface area is 125 Å². The van der Waals surface area contributed by atoms with Crippen LogP contribution >= 0.6 is 0 Å². The molecule has 0 amide bonds. The standard InChI is InChI=1S/C14H12F3NO3S/c1-21-12-5-4-11(14(15,16)17)7-13(12)22(19,20)9-10-3-2-6-18-8-10/h2-8H,9H2,1H3. The van der Waals surface area contributed by atoms with Crippen molar-refractivity contribution < 1.29 is 26.3 Å². The highest BCUT2D eigenvalue weighted by atomic mass is 32.2. The lowest BCUT2D eigenvalue weighted by molar-refractivity contribution is -0.137. The van der Waals surface area contributed by atoms with E-state index >= 15 is 0 Å². The zero-order valence-electron chi connectivity index (χ0n) is 11.5. The highest BCUT2D eigenvalue weighted by Gasteiger charge is 2.33. The molecular weight excluding hydrogens is 319 g/mol. The third-order valence-electron chi connectivity index (χ3n) is 2.91. The van der Waals surface area contributed by atoms with Gasteiger partial charge < -0.3 is 4.74 Å². The van der Waals surface area contributed by atoms with Gasteiger partial charge in [0.05, 0.1) is 18.4 Å². The van der Waals surface area contributed by atoms with E-state index in [0.29, 0.717) is 11.6 Å². The average molecular weight is 331 g/mol. The van der Waals surface area contributed by atoms with Gasteiger partial charge in [-0.3, -0.25) is 4.98 Å². The minimum absolute atomic E-state index is 0.128. The van der Waals surface area contributed by atoms with Crippen molar-refractivity contribution >= 4 is 9.84 Å². The Balaban J connectivity index is 2.49. The Hall–Kier alpha value is -2.09. The smallest absolute Gasteiger partial charge is 0.416 e. The Bertz CT molecular complexity index is 759. The summed E-state index contributed by atoms with van der Waals surface area (Å²) in [5.74, 6) is -0.588. The third kappa shape index (κ3) is 3.56. The summed E-state index contributed by atoms with van der Waals surface area (Å²) in [6.45, 7) is 0. The van der Waals surface area contributed by atoms with E-state index in [4.69, 9.17) is 4.74 Å². The molecule has 1 aromatic carbocycles. The number of sulfone groups is 1. The van der Waals surface area contributed by atoms with Gasteiger partial charge in [0.25, 0.3) is 0 Å². The molecule has 0 unspecified atom stereocenters. The number of aromatic nitrogens is 1. The van der Waals surface area contributed by atoms with Gasteiger partial charge in [-0.25, -0.2) is 8.42 Å². The molecule has 118 valence electrons. The van der Waals surface area contributed by atoms with E-state index in [-0.39, 0.29) is 5.75 Å². The molecule has 0 atom stereocenters. The van der Waals surface area contributed by atoms with Crippen molar-refractivity contribution in [1.29, 1.82) is 0 Å². The maximum Gasteiger partial charge on any atom is 0.416 e. The maximum atomic E-state index is 12.8. The van der Waals surface area contributed by atoms with E-state index in [1.54, 1.807) is 6.07 Å². The topological polar surface area (TPSA) is 56.3 Å². The second-order valence-corrected chi connectivity index (χ2v) is 6.44. The fourth-order valence-electron chi connectivity index (χ4n) is 1.88. The molecule has 0 N–H and O–H groups in total. The minimum Gasteiger partial charge on any atom is -0.495 e. The summed E-state index contributed by atoms with van der Waals surface area (Å²) in [5.41, 5.74) is -0.667. The molecule has 22 heavy (non-hydrogen) atoms. The largest absolute Gasteiger partial charge is 0.495 e. The van der Waals surface area contributed by atoms with Gasteiger partial charge in [0.2, 0.25) is 0 Å². The van der Waals surface area contributed by atoms with Crippen molar-refractivity contribution in [3.05, 3.63) is 53.9 Å². The number of halogens is 3. The second kappa shape index (κ2) is 5.96. The lowest BCUT2D eigenvalue weighted by Crippen LogP contribution is -2.11. The fourth-order valence-corrected chi connectivity index (χ4v) is 3.41. The van der Waals surface area contributed by atoms with E-state index < -0.39 is 32.2 Å². The molecule has 0 spiro atoms. The number of hydrogen-bond donors (Lipinski definition) is 0. The molecule has 2 rings (SSSR count). The summed E-state index contributed by atoms with van der Waals surface area (Å²) in [5, 5.41) is 0. The van der Waals surface area contributed by atoms with Gasteiger partial charge in [0.1, 0.15) is 10.6 Å². The molecule has 2 aromatic rings. The van der Waals surface area contributed by atoms with E-state index in [1.165, 1.54) is 25.6 Å². The van der Waals surface area contributed by atoms with E-state index in [0.717, 1.165) is 12.1 Å². The Kier molecular flexibility index (Phi) is 4.41. The zero-order chi connectivity index (χ0) is 16.4. The average Bonchev–Trinajstić information content (AvgIpc) is 2.46. The first-order chi connectivity index (χ1) is 10.2. The predicted octanol–water partition coefficient (Wildman–Crippen LogP) is 3.08. The van der Waals surface area contributed by atoms with Crippen molar-refractivity contribution in [2.24, 2.45) is 0 Å². The molecular formula is C14H12F3NO3S. The van der Waals surface area contributed by atoms with Gasteiger partial charge in [-0.05, 0) is 29.8 Å². The van der Waals surface area contributed by atoms with Crippen molar-refractivity contribution in [2.45, 2.75) is 16.8 Å². The van der Waals surface area contributed by atoms with Crippen LogP contribution < -0.4 is 4.74 Å². The van der Waals surface area contributed by atoms with Crippen molar-refractivity contribution in [2.75, 3.05) is 7.11 Å². The minimum atomic E-state index is -4.63. The molecule has 0 bridgehead atoms. The van der Waals surface area contributed by atoms with E-state index in [2.05, 4.69) is 4.98 Å². The predicted molar refractivity (Wildman–Crippen MR) is 73.1 cm³/mol. The quantitative estimate of drug-likeness (QED) is 0.864. The van der Waals surface area contributed by atoms with Gasteiger partial charge in [-0.1, -0.05) is 6.07 Å². The van der Waals surface area contributed by atoms with Crippen LogP contribution in [0.3, 0.4) is 0 Å². The number of benzene rings is 1. The number of rotatable bonds is 4. The van der Waals surface area contributed by atoms with Crippen molar-refractivity contribution in [3.63, 3.8) is 0 Å². The molecule has 8 heteroatoms. The number of hydrogen-bond acceptors (Lipinski definition) is 4. The maximum absolute atomic E-state index is 12.8. The Morgan fingerprint density at radius 3 is 2.50 bits per heavy atom. The van der Waals surface area contributed by atoms with Gasteiger partial charge in [-0.2, -0.15) is 13.2 Å². The normalized spacial score (nSPS) is 12.2. The van der Waals surface area contributed by atoms with Crippen LogP contribution in [0.15, 0.2) is 47.6 Å². The first-order valence-electron chi connectivity index (χ1n) is 6.11. The molecule has 4 nitrogen and oxygen atoms in total. The van der Waals surface area contributed by atoms with Gasteiger partial charge in [0.15, 0.2) is 9.84 Å². The van der Waals surface area contributed by atoms with Crippen LogP contribution in [0.4, 0.5) is 13.2 Å². The third-order valence-corrected chi connectivity index (χ3v) is 4.61. The summed E-state index contributed by atoms with van der Waals surface area (Å²) >= 11 is 0. The number of ether oxygens (including phenoxy) is 1. The molecule has 0 aliphatic heterocycles. The van der Waals surface area contributed by atoms with Gasteiger partial charge in [-0.15, -0.1) is 0 Å². The number of alkyl halides is 3. The SMILES string of the molecule is COc1ccc(C(F)(F)F)cc1S(=O)(=O)Cc1cccnc1. The number of pyridine rings is 1. The highest BCUT2D eigenvalue weighted by Crippen LogP contribution is 2.35. The Morgan fingerprint density at radius 1 is 1.23 bits per heavy atom. The van der Waals surface area contributed by atoms with Crippen LogP contribution in [-0.2, 0) is 21.8 Å². The van der Waals surface area contributed by atoms with Crippen molar-refractivity contribution in [1.82, 2.24) is 4.98 Å². The van der Waals surface area contributed by atoms with E-state index in [9.17, 15) is 21.6 Å². The molecule has 0 saturated heterocycles. The van der Waals surface area contributed by atoms with Crippen molar-refractivity contribution in [3.8, 4) is 5.75 Å². The lowest BCUT2D eigenvalue weighted by Gasteiger charge is -2.13. The molecule has 0 aliphatic carbocycles. The van der Waals surface area contributed by atoms with Crippen LogP contribution in [0.1, 0.15) is 11.1 Å². The lowest BCUT2D eigenvalue weighted by atomic mass is 10.2. The number of methoxy groups -OCH3 is 1. The monoisotopic (exact) mass is 331 g/mol. The summed E-state index contributed by atoms with van der Waals surface area (Å²) < 4.78 is 68.0. The van der Waals surface area contributed by atoms with E-state index in [1.807, 2.05) is 0 Å². The van der Waals surface area contributed by atoms with Gasteiger partial charge >= 0.3 is 6.18 Å². The molecule has 0 radical (unpaired) electrons. The van der Waals surface area contributed by atoms with Crippen LogP contribution in [0.5, 0.6) is 5.75 Å². The highest BCUT2D eigenvalue weighted by molar-refractivity contribution is 7.90. The molecule has 1 heterocycles. The van der Waals surface area contributed by atoms with Crippen LogP contribution in [0.2, 0.25) is 0 Å². The van der Waals surface area contributed by atoms with Gasteiger partial charge in [0, 0.05) is 12.4 Å². The molecule has 0 saturated carbocycles. The number of nitrogens with zero attached hydrogens (tertiary/aromatic N) is 1. The Morgan fingerprint density at radius 2 is 1.95 bits per heavy atom.